The van der Waals surface area contributed by atoms with Crippen LogP contribution in [0.25, 0.3) is 0 Å². The molecule has 0 heterocycles. The van der Waals surface area contributed by atoms with Gasteiger partial charge in [-0.15, -0.1) is 0 Å². The van der Waals surface area contributed by atoms with E-state index in [1.165, 1.54) is 0 Å². The van der Waals surface area contributed by atoms with Crippen LogP contribution in [0.15, 0.2) is 42.5 Å². The number of anilines is 3. The molecule has 3 N–H and O–H groups in total. The lowest BCUT2D eigenvalue weighted by Gasteiger charge is -2.11. The third-order valence-electron chi connectivity index (χ3n) is 2.88. The maximum Gasteiger partial charge on any atom is 0.323 e. The van der Waals surface area contributed by atoms with Gasteiger partial charge in [0.1, 0.15) is 0 Å². The summed E-state index contributed by atoms with van der Waals surface area (Å²) in [4.78, 5) is 12.0. The molecule has 0 saturated heterocycles. The molecule has 2 aromatic carbocycles. The van der Waals surface area contributed by atoms with Crippen LogP contribution >= 0.6 is 22.6 Å². The number of carbonyl (C=O) groups excluding carboxylic acids is 1. The summed E-state index contributed by atoms with van der Waals surface area (Å²) in [5.74, 6) is 0. The quantitative estimate of drug-likeness (QED) is 0.629. The van der Waals surface area contributed by atoms with Crippen LogP contribution in [-0.4, -0.2) is 20.7 Å². The van der Waals surface area contributed by atoms with Gasteiger partial charge in [0, 0.05) is 20.6 Å². The Kier molecular flexibility index (Phi) is 5.47. The molecule has 2 aromatic rings. The van der Waals surface area contributed by atoms with E-state index in [4.69, 9.17) is 0 Å². The fraction of sp³-hybridized carbons (Fsp3) is 0.133. The van der Waals surface area contributed by atoms with E-state index in [0.717, 1.165) is 21.1 Å². The lowest BCUT2D eigenvalue weighted by molar-refractivity contribution is 0.262. The van der Waals surface area contributed by atoms with E-state index in [-0.39, 0.29) is 6.03 Å². The smallest absolute Gasteiger partial charge is 0.308 e. The molecule has 0 aromatic heterocycles. The van der Waals surface area contributed by atoms with Gasteiger partial charge in [0.15, 0.2) is 0 Å². The second kappa shape index (κ2) is 7.18. The lowest BCUT2D eigenvalue weighted by Crippen LogP contribution is -2.20. The van der Waals surface area contributed by atoms with Crippen molar-refractivity contribution in [3.05, 3.63) is 51.6 Å². The summed E-state index contributed by atoms with van der Waals surface area (Å²) < 4.78 is 25.7. The maximum absolute atomic E-state index is 12.0. The van der Waals surface area contributed by atoms with Gasteiger partial charge in [0.2, 0.25) is 10.0 Å². The van der Waals surface area contributed by atoms with E-state index in [2.05, 4.69) is 37.9 Å². The fourth-order valence-corrected chi connectivity index (χ4v) is 3.10. The number of urea groups is 1. The molecule has 0 saturated carbocycles. The van der Waals surface area contributed by atoms with Crippen LogP contribution in [0, 0.1) is 10.5 Å². The standard InChI is InChI=1S/C15H16IN3O3S/c1-10-9-11(16)3-8-14(10)18-15(20)17-12-4-6-13(7-5-12)19-23(2,21)22/h3-9,19H,1-2H3,(H2,17,18,20). The number of rotatable bonds is 4. The molecule has 0 radical (unpaired) electrons. The molecule has 0 aliphatic carbocycles. The predicted molar refractivity (Wildman–Crippen MR) is 101 cm³/mol. The third kappa shape index (κ3) is 5.71. The molecule has 2 amide bonds. The highest BCUT2D eigenvalue weighted by Crippen LogP contribution is 2.19. The Morgan fingerprint density at radius 1 is 1.00 bits per heavy atom. The van der Waals surface area contributed by atoms with E-state index < -0.39 is 10.0 Å². The molecule has 0 atom stereocenters. The van der Waals surface area contributed by atoms with Gasteiger partial charge >= 0.3 is 6.03 Å². The largest absolute Gasteiger partial charge is 0.323 e. The molecule has 122 valence electrons. The minimum atomic E-state index is -3.31. The molecule has 0 bridgehead atoms. The summed E-state index contributed by atoms with van der Waals surface area (Å²) in [6, 6.07) is 11.8. The van der Waals surface area contributed by atoms with Crippen LogP contribution in [0.3, 0.4) is 0 Å². The number of sulfonamides is 1. The van der Waals surface area contributed by atoms with Gasteiger partial charge in [-0.25, -0.2) is 13.2 Å². The molecule has 2 rings (SSSR count). The lowest BCUT2D eigenvalue weighted by atomic mass is 10.2. The van der Waals surface area contributed by atoms with Crippen LogP contribution < -0.4 is 15.4 Å². The average molecular weight is 445 g/mol. The fourth-order valence-electron chi connectivity index (χ4n) is 1.89. The first kappa shape index (κ1) is 17.5. The number of carbonyl (C=O) groups is 1. The average Bonchev–Trinajstić information content (AvgIpc) is 2.42. The molecule has 0 aliphatic heterocycles. The van der Waals surface area contributed by atoms with Crippen molar-refractivity contribution in [3.8, 4) is 0 Å². The van der Waals surface area contributed by atoms with E-state index in [9.17, 15) is 13.2 Å². The number of nitrogens with one attached hydrogen (secondary N) is 3. The van der Waals surface area contributed by atoms with Crippen molar-refractivity contribution in [2.75, 3.05) is 21.6 Å². The van der Waals surface area contributed by atoms with Crippen LogP contribution in [0.1, 0.15) is 5.56 Å². The highest BCUT2D eigenvalue weighted by Gasteiger charge is 2.06. The molecule has 0 aliphatic rings. The Balaban J connectivity index is 2.00. The number of halogens is 1. The first-order chi connectivity index (χ1) is 10.7. The van der Waals surface area contributed by atoms with Gasteiger partial charge in [-0.1, -0.05) is 0 Å². The van der Waals surface area contributed by atoms with E-state index >= 15 is 0 Å². The van der Waals surface area contributed by atoms with Gasteiger partial charge in [-0.2, -0.15) is 0 Å². The Labute approximate surface area is 148 Å². The highest BCUT2D eigenvalue weighted by molar-refractivity contribution is 14.1. The Bertz CT molecular complexity index is 820. The molecule has 6 nitrogen and oxygen atoms in total. The Morgan fingerprint density at radius 2 is 1.61 bits per heavy atom. The van der Waals surface area contributed by atoms with Crippen LogP contribution in [-0.2, 0) is 10.0 Å². The van der Waals surface area contributed by atoms with E-state index in [0.29, 0.717) is 11.4 Å². The summed E-state index contributed by atoms with van der Waals surface area (Å²) in [7, 11) is -3.31. The zero-order valence-electron chi connectivity index (χ0n) is 12.6. The second-order valence-electron chi connectivity index (χ2n) is 4.99. The minimum absolute atomic E-state index is 0.363. The Hall–Kier alpha value is -1.81. The van der Waals surface area contributed by atoms with Crippen molar-refractivity contribution in [3.63, 3.8) is 0 Å². The van der Waals surface area contributed by atoms with Crippen molar-refractivity contribution >= 4 is 55.7 Å². The number of amides is 2. The third-order valence-corrected chi connectivity index (χ3v) is 4.16. The Morgan fingerprint density at radius 3 is 2.17 bits per heavy atom. The summed E-state index contributed by atoms with van der Waals surface area (Å²) in [5.41, 5.74) is 2.70. The van der Waals surface area contributed by atoms with Crippen molar-refractivity contribution in [2.24, 2.45) is 0 Å². The number of hydrogen-bond donors (Lipinski definition) is 3. The summed E-state index contributed by atoms with van der Waals surface area (Å²) >= 11 is 2.21. The second-order valence-corrected chi connectivity index (χ2v) is 7.98. The zero-order chi connectivity index (χ0) is 17.0. The topological polar surface area (TPSA) is 87.3 Å². The number of aryl methyl sites for hydroxylation is 1. The van der Waals surface area contributed by atoms with Gasteiger partial charge in [0.25, 0.3) is 0 Å². The molecule has 23 heavy (non-hydrogen) atoms. The molecule has 0 fully saturated rings. The SMILES string of the molecule is Cc1cc(I)ccc1NC(=O)Nc1ccc(NS(C)(=O)=O)cc1. The monoisotopic (exact) mass is 445 g/mol. The normalized spacial score (nSPS) is 10.9. The van der Waals surface area contributed by atoms with Gasteiger partial charge in [-0.3, -0.25) is 4.72 Å². The van der Waals surface area contributed by atoms with Crippen molar-refractivity contribution in [2.45, 2.75) is 6.92 Å². The zero-order valence-corrected chi connectivity index (χ0v) is 15.5. The van der Waals surface area contributed by atoms with Crippen LogP contribution in [0.4, 0.5) is 21.9 Å². The first-order valence-corrected chi connectivity index (χ1v) is 9.62. The maximum atomic E-state index is 12.0. The van der Waals surface area contributed by atoms with E-state index in [1.54, 1.807) is 24.3 Å². The van der Waals surface area contributed by atoms with Crippen LogP contribution in [0.2, 0.25) is 0 Å². The minimum Gasteiger partial charge on any atom is -0.308 e. The van der Waals surface area contributed by atoms with Crippen molar-refractivity contribution in [1.29, 1.82) is 0 Å². The van der Waals surface area contributed by atoms with Gasteiger partial charge < -0.3 is 10.6 Å². The molecule has 0 spiro atoms. The highest BCUT2D eigenvalue weighted by atomic mass is 127. The predicted octanol–water partition coefficient (Wildman–Crippen LogP) is 3.62. The molecular weight excluding hydrogens is 429 g/mol. The number of hydrogen-bond acceptors (Lipinski definition) is 3. The van der Waals surface area contributed by atoms with E-state index in [1.807, 2.05) is 25.1 Å². The van der Waals surface area contributed by atoms with Gasteiger partial charge in [-0.05, 0) is 77.5 Å². The number of benzene rings is 2. The summed E-state index contributed by atoms with van der Waals surface area (Å²) in [6.07, 6.45) is 1.08. The van der Waals surface area contributed by atoms with Crippen molar-refractivity contribution in [1.82, 2.24) is 0 Å². The van der Waals surface area contributed by atoms with Crippen LogP contribution in [0.5, 0.6) is 0 Å². The van der Waals surface area contributed by atoms with Crippen molar-refractivity contribution < 1.29 is 13.2 Å². The summed E-state index contributed by atoms with van der Waals surface area (Å²) in [5, 5.41) is 5.47. The molecule has 0 unspecified atom stereocenters. The molecule has 8 heteroatoms. The molecular formula is C15H16IN3O3S. The summed E-state index contributed by atoms with van der Waals surface area (Å²) in [6.45, 7) is 1.92. The first-order valence-electron chi connectivity index (χ1n) is 6.65. The van der Waals surface area contributed by atoms with Gasteiger partial charge in [0.05, 0.1) is 6.26 Å².